The number of aromatic hydroxyl groups is 1. The minimum atomic E-state index is -0.0323. The number of hydrogen-bond donors (Lipinski definition) is 1. The van der Waals surface area contributed by atoms with Crippen LogP contribution in [0.2, 0.25) is 0 Å². The molecular formula is C30H37N3O. The van der Waals surface area contributed by atoms with E-state index in [0.29, 0.717) is 5.75 Å². The van der Waals surface area contributed by atoms with Crippen molar-refractivity contribution in [3.05, 3.63) is 83.4 Å². The Bertz CT molecular complexity index is 1370. The third-order valence-corrected chi connectivity index (χ3v) is 7.06. The molecule has 0 saturated carbocycles. The lowest BCUT2D eigenvalue weighted by molar-refractivity contribution is 0.283. The van der Waals surface area contributed by atoms with Crippen molar-refractivity contribution in [3.8, 4) is 11.4 Å². The van der Waals surface area contributed by atoms with E-state index in [1.54, 1.807) is 0 Å². The highest BCUT2D eigenvalue weighted by molar-refractivity contribution is 5.79. The van der Waals surface area contributed by atoms with Crippen LogP contribution in [0.25, 0.3) is 16.7 Å². The van der Waals surface area contributed by atoms with Gasteiger partial charge in [0, 0.05) is 11.5 Å². The van der Waals surface area contributed by atoms with Crippen LogP contribution in [0.15, 0.2) is 66.7 Å². The molecule has 0 aliphatic rings. The number of aromatic nitrogens is 3. The fraction of sp³-hybridized carbons (Fsp3) is 0.400. The van der Waals surface area contributed by atoms with E-state index >= 15 is 0 Å². The average Bonchev–Trinajstić information content (AvgIpc) is 3.43. The number of phenols is 1. The summed E-state index contributed by atoms with van der Waals surface area (Å²) in [6.45, 7) is 13.8. The first-order chi connectivity index (χ1) is 16.1. The Kier molecular flexibility index (Phi) is 5.31. The largest absolute Gasteiger partial charge is 0.505 e. The molecule has 0 bridgehead atoms. The highest BCUT2D eigenvalue weighted by atomic mass is 16.3. The standard InChI is InChI=1S/C30H37N3O/c1-7-13-23(21-14-9-8-10-15-21)24-18-22(30(5,6)20-29(2,3)4)19-27(28(24)34)33-31-25-16-11-12-17-26(25)32(31)33/h8-12,14-19,23,34H,7,13,20H2,1-6H3. The zero-order valence-corrected chi connectivity index (χ0v) is 21.3. The zero-order valence-electron chi connectivity index (χ0n) is 21.3. The number of para-hydroxylation sites is 2. The van der Waals surface area contributed by atoms with Gasteiger partial charge in [0.2, 0.25) is 0 Å². The Balaban J connectivity index is 1.72. The van der Waals surface area contributed by atoms with Gasteiger partial charge < -0.3 is 5.11 Å². The van der Waals surface area contributed by atoms with Gasteiger partial charge in [-0.3, -0.25) is 0 Å². The van der Waals surface area contributed by atoms with Gasteiger partial charge in [-0.1, -0.05) is 96.5 Å². The van der Waals surface area contributed by atoms with E-state index in [2.05, 4.69) is 122 Å². The molecule has 0 saturated heterocycles. The lowest BCUT2D eigenvalue weighted by Gasteiger charge is -2.34. The van der Waals surface area contributed by atoms with Gasteiger partial charge in [0.25, 0.3) is 0 Å². The van der Waals surface area contributed by atoms with Crippen LogP contribution in [0.4, 0.5) is 0 Å². The average molecular weight is 456 g/mol. The van der Waals surface area contributed by atoms with Crippen LogP contribution in [0, 0.1) is 5.41 Å². The number of nitrogens with zero attached hydrogens (tertiary/aromatic N) is 3. The second kappa shape index (κ2) is 7.97. The third kappa shape index (κ3) is 3.79. The van der Waals surface area contributed by atoms with Gasteiger partial charge in [0.1, 0.15) is 22.5 Å². The quantitative estimate of drug-likeness (QED) is 0.267. The highest BCUT2D eigenvalue weighted by Gasteiger charge is 2.33. The van der Waals surface area contributed by atoms with Crippen LogP contribution in [-0.2, 0) is 5.41 Å². The molecule has 34 heavy (non-hydrogen) atoms. The SMILES string of the molecule is CCCC(c1ccccc1)c1cc(C(C)(C)CC(C)(C)C)cc(-n2n3c4ccccc4n23)c1O. The molecule has 0 fully saturated rings. The summed E-state index contributed by atoms with van der Waals surface area (Å²) in [5, 5.41) is 11.7. The van der Waals surface area contributed by atoms with Crippen molar-refractivity contribution in [2.45, 2.75) is 72.1 Å². The molecule has 4 nitrogen and oxygen atoms in total. The molecule has 0 aliphatic carbocycles. The van der Waals surface area contributed by atoms with Gasteiger partial charge >= 0.3 is 0 Å². The normalized spacial score (nSPS) is 13.9. The molecule has 0 spiro atoms. The second-order valence-corrected chi connectivity index (χ2v) is 11.7. The van der Waals surface area contributed by atoms with E-state index in [1.807, 2.05) is 0 Å². The van der Waals surface area contributed by atoms with Crippen LogP contribution >= 0.6 is 0 Å². The Hall–Kier alpha value is -3.14. The van der Waals surface area contributed by atoms with Crippen molar-refractivity contribution in [1.29, 1.82) is 0 Å². The fourth-order valence-corrected chi connectivity index (χ4v) is 5.85. The summed E-state index contributed by atoms with van der Waals surface area (Å²) in [4.78, 5) is 2.11. The molecule has 178 valence electrons. The summed E-state index contributed by atoms with van der Waals surface area (Å²) in [6.07, 6.45) is 3.10. The van der Waals surface area contributed by atoms with E-state index in [0.717, 1.165) is 30.5 Å². The third-order valence-electron chi connectivity index (χ3n) is 7.06. The molecule has 1 atom stereocenters. The zero-order chi connectivity index (χ0) is 24.3. The molecule has 2 aromatic heterocycles. The predicted octanol–water partition coefficient (Wildman–Crippen LogP) is 7.77. The van der Waals surface area contributed by atoms with Crippen LogP contribution < -0.4 is 0 Å². The summed E-state index contributed by atoms with van der Waals surface area (Å²) in [5.41, 5.74) is 6.95. The summed E-state index contributed by atoms with van der Waals surface area (Å²) in [5.74, 6) is 0.540. The Labute approximate surface area is 202 Å². The lowest BCUT2D eigenvalue weighted by atomic mass is 9.71. The molecule has 0 amide bonds. The number of benzene rings is 3. The van der Waals surface area contributed by atoms with Crippen molar-refractivity contribution in [2.75, 3.05) is 0 Å². The minimum absolute atomic E-state index is 0.0323. The highest BCUT2D eigenvalue weighted by Crippen LogP contribution is 2.45. The molecule has 2 heterocycles. The van der Waals surface area contributed by atoms with Crippen LogP contribution in [0.3, 0.4) is 0 Å². The van der Waals surface area contributed by atoms with Crippen LogP contribution in [-0.4, -0.2) is 19.2 Å². The van der Waals surface area contributed by atoms with Gasteiger partial charge in [-0.25, -0.2) is 0 Å². The van der Waals surface area contributed by atoms with Crippen molar-refractivity contribution < 1.29 is 5.11 Å². The summed E-state index contributed by atoms with van der Waals surface area (Å²) < 4.78 is 4.26. The maximum absolute atomic E-state index is 11.7. The molecule has 0 aliphatic heterocycles. The van der Waals surface area contributed by atoms with E-state index in [4.69, 9.17) is 0 Å². The minimum Gasteiger partial charge on any atom is -0.505 e. The van der Waals surface area contributed by atoms with Gasteiger partial charge in [-0.05, 0) is 53.0 Å². The van der Waals surface area contributed by atoms with E-state index < -0.39 is 0 Å². The van der Waals surface area contributed by atoms with Crippen molar-refractivity contribution in [3.63, 3.8) is 0 Å². The summed E-state index contributed by atoms with van der Waals surface area (Å²) >= 11 is 0. The maximum Gasteiger partial charge on any atom is 0.146 e. The fourth-order valence-electron chi connectivity index (χ4n) is 5.85. The van der Waals surface area contributed by atoms with E-state index in [-0.39, 0.29) is 16.7 Å². The summed E-state index contributed by atoms with van der Waals surface area (Å²) in [7, 11) is 0. The maximum atomic E-state index is 11.7. The van der Waals surface area contributed by atoms with Gasteiger partial charge in [-0.15, -0.1) is 14.1 Å². The molecule has 1 unspecified atom stereocenters. The molecular weight excluding hydrogens is 418 g/mol. The van der Waals surface area contributed by atoms with E-state index in [1.165, 1.54) is 22.2 Å². The van der Waals surface area contributed by atoms with Crippen molar-refractivity contribution in [1.82, 2.24) is 14.1 Å². The molecule has 5 aromatic rings. The predicted molar refractivity (Wildman–Crippen MR) is 141 cm³/mol. The second-order valence-electron chi connectivity index (χ2n) is 11.7. The number of rotatable bonds is 7. The Morgan fingerprint density at radius 2 is 1.41 bits per heavy atom. The molecule has 4 heteroatoms. The number of phenolic OH excluding ortho intramolecular Hbond substituents is 1. The van der Waals surface area contributed by atoms with E-state index in [9.17, 15) is 5.11 Å². The molecule has 0 radical (unpaired) electrons. The lowest BCUT2D eigenvalue weighted by Crippen LogP contribution is -2.25. The number of hydrogen-bond acceptors (Lipinski definition) is 1. The first-order valence-electron chi connectivity index (χ1n) is 12.5. The monoisotopic (exact) mass is 455 g/mol. The first kappa shape index (κ1) is 22.6. The smallest absolute Gasteiger partial charge is 0.146 e. The molecule has 5 rings (SSSR count). The van der Waals surface area contributed by atoms with Gasteiger partial charge in [0.05, 0.1) is 0 Å². The Morgan fingerprint density at radius 3 is 1.97 bits per heavy atom. The van der Waals surface area contributed by atoms with Crippen molar-refractivity contribution >= 4 is 11.0 Å². The van der Waals surface area contributed by atoms with Crippen LogP contribution in [0.5, 0.6) is 5.75 Å². The molecule has 3 aromatic carbocycles. The first-order valence-corrected chi connectivity index (χ1v) is 12.5. The van der Waals surface area contributed by atoms with Gasteiger partial charge in [0.15, 0.2) is 0 Å². The van der Waals surface area contributed by atoms with Gasteiger partial charge in [-0.2, -0.15) is 0 Å². The Morgan fingerprint density at radius 1 is 0.824 bits per heavy atom. The number of fused-ring (bicyclic) bond motifs is 4. The molecule has 1 N–H and O–H groups in total. The topological polar surface area (TPSA) is 34.0 Å². The summed E-state index contributed by atoms with van der Waals surface area (Å²) in [6, 6.07) is 23.5. The van der Waals surface area contributed by atoms with Crippen LogP contribution in [0.1, 0.15) is 83.4 Å². The van der Waals surface area contributed by atoms with Crippen molar-refractivity contribution in [2.24, 2.45) is 5.41 Å².